The highest BCUT2D eigenvalue weighted by atomic mass is 35.5. The summed E-state index contributed by atoms with van der Waals surface area (Å²) in [5.41, 5.74) is 0.901. The van der Waals surface area contributed by atoms with Gasteiger partial charge >= 0.3 is 0 Å². The zero-order valence-electron chi connectivity index (χ0n) is 9.94. The van der Waals surface area contributed by atoms with Gasteiger partial charge in [0, 0.05) is 0 Å². The standard InChI is InChI=1S/C13H9ClN2O2S/c1-18-11-4-5-19-12(11)13(17)16-10-3-2-8(7-15)6-9(10)14/h2-6H,1H3,(H,16,17). The van der Waals surface area contributed by atoms with Gasteiger partial charge in [-0.15, -0.1) is 11.3 Å². The Bertz CT molecular complexity index is 661. The van der Waals surface area contributed by atoms with Crippen molar-refractivity contribution >= 4 is 34.5 Å². The Morgan fingerprint density at radius 2 is 2.26 bits per heavy atom. The van der Waals surface area contributed by atoms with Crippen molar-refractivity contribution in [2.75, 3.05) is 12.4 Å². The summed E-state index contributed by atoms with van der Waals surface area (Å²) >= 11 is 7.28. The zero-order valence-corrected chi connectivity index (χ0v) is 11.5. The number of hydrogen-bond acceptors (Lipinski definition) is 4. The maximum Gasteiger partial charge on any atom is 0.269 e. The third kappa shape index (κ3) is 2.87. The molecule has 0 spiro atoms. The number of thiophene rings is 1. The van der Waals surface area contributed by atoms with Gasteiger partial charge in [0.15, 0.2) is 0 Å². The molecular weight excluding hydrogens is 284 g/mol. The molecule has 0 aliphatic carbocycles. The van der Waals surface area contributed by atoms with E-state index in [0.29, 0.717) is 26.9 Å². The van der Waals surface area contributed by atoms with Crippen LogP contribution < -0.4 is 10.1 Å². The number of anilines is 1. The van der Waals surface area contributed by atoms with Crippen molar-refractivity contribution in [3.63, 3.8) is 0 Å². The molecule has 1 heterocycles. The van der Waals surface area contributed by atoms with Crippen molar-refractivity contribution in [2.45, 2.75) is 0 Å². The van der Waals surface area contributed by atoms with Gasteiger partial charge < -0.3 is 10.1 Å². The average molecular weight is 293 g/mol. The number of carbonyl (C=O) groups is 1. The topological polar surface area (TPSA) is 62.1 Å². The van der Waals surface area contributed by atoms with Crippen LogP contribution in [0, 0.1) is 11.3 Å². The third-order valence-corrected chi connectivity index (χ3v) is 3.61. The lowest BCUT2D eigenvalue weighted by Crippen LogP contribution is -2.11. The number of rotatable bonds is 3. The number of amides is 1. The Hall–Kier alpha value is -2.03. The number of benzene rings is 1. The quantitative estimate of drug-likeness (QED) is 0.941. The van der Waals surface area contributed by atoms with E-state index >= 15 is 0 Å². The lowest BCUT2D eigenvalue weighted by atomic mass is 10.2. The summed E-state index contributed by atoms with van der Waals surface area (Å²) < 4.78 is 5.08. The number of nitrogens with one attached hydrogen (secondary N) is 1. The first kappa shape index (κ1) is 13.4. The summed E-state index contributed by atoms with van der Waals surface area (Å²) in [5.74, 6) is 0.228. The minimum atomic E-state index is -0.293. The highest BCUT2D eigenvalue weighted by Gasteiger charge is 2.15. The second-order valence-electron chi connectivity index (χ2n) is 3.58. The van der Waals surface area contributed by atoms with E-state index in [0.717, 1.165) is 0 Å². The highest BCUT2D eigenvalue weighted by molar-refractivity contribution is 7.12. The molecule has 0 fully saturated rings. The van der Waals surface area contributed by atoms with E-state index in [1.54, 1.807) is 23.6 Å². The average Bonchev–Trinajstić information content (AvgIpc) is 2.89. The van der Waals surface area contributed by atoms with Gasteiger partial charge in [-0.3, -0.25) is 4.79 Å². The van der Waals surface area contributed by atoms with E-state index in [2.05, 4.69) is 5.32 Å². The molecule has 0 atom stereocenters. The minimum absolute atomic E-state index is 0.293. The molecule has 4 nitrogen and oxygen atoms in total. The number of nitriles is 1. The molecule has 0 aliphatic rings. The van der Waals surface area contributed by atoms with Gasteiger partial charge in [0.25, 0.3) is 5.91 Å². The van der Waals surface area contributed by atoms with Crippen LogP contribution in [-0.2, 0) is 0 Å². The predicted molar refractivity (Wildman–Crippen MR) is 75.0 cm³/mol. The molecule has 19 heavy (non-hydrogen) atoms. The first-order valence-corrected chi connectivity index (χ1v) is 6.54. The third-order valence-electron chi connectivity index (χ3n) is 2.40. The van der Waals surface area contributed by atoms with Crippen molar-refractivity contribution < 1.29 is 9.53 Å². The molecule has 0 saturated heterocycles. The van der Waals surface area contributed by atoms with Crippen LogP contribution in [0.3, 0.4) is 0 Å². The van der Waals surface area contributed by atoms with Gasteiger partial charge in [-0.1, -0.05) is 11.6 Å². The molecule has 2 rings (SSSR count). The Labute approximate surface area is 119 Å². The fraction of sp³-hybridized carbons (Fsp3) is 0.0769. The number of halogens is 1. The fourth-order valence-corrected chi connectivity index (χ4v) is 2.47. The van der Waals surface area contributed by atoms with Gasteiger partial charge in [0.1, 0.15) is 10.6 Å². The van der Waals surface area contributed by atoms with Gasteiger partial charge in [-0.25, -0.2) is 0 Å². The summed E-state index contributed by atoms with van der Waals surface area (Å²) in [6.07, 6.45) is 0. The van der Waals surface area contributed by atoms with E-state index in [4.69, 9.17) is 21.6 Å². The molecule has 0 aliphatic heterocycles. The van der Waals surface area contributed by atoms with Crippen molar-refractivity contribution in [3.05, 3.63) is 45.1 Å². The molecule has 0 radical (unpaired) electrons. The largest absolute Gasteiger partial charge is 0.495 e. The van der Waals surface area contributed by atoms with Crippen LogP contribution in [0.15, 0.2) is 29.6 Å². The van der Waals surface area contributed by atoms with Crippen LogP contribution in [0.5, 0.6) is 5.75 Å². The normalized spacial score (nSPS) is 9.74. The Morgan fingerprint density at radius 1 is 1.47 bits per heavy atom. The van der Waals surface area contributed by atoms with E-state index in [1.165, 1.54) is 24.5 Å². The molecule has 1 aromatic heterocycles. The molecule has 1 N–H and O–H groups in total. The first-order chi connectivity index (χ1) is 9.15. The molecule has 1 aromatic carbocycles. The molecule has 96 valence electrons. The van der Waals surface area contributed by atoms with Gasteiger partial charge in [0.2, 0.25) is 0 Å². The van der Waals surface area contributed by atoms with Crippen LogP contribution in [0.1, 0.15) is 15.2 Å². The van der Waals surface area contributed by atoms with E-state index in [1.807, 2.05) is 6.07 Å². The number of ether oxygens (including phenoxy) is 1. The summed E-state index contributed by atoms with van der Waals surface area (Å²) in [7, 11) is 1.51. The molecule has 0 saturated carbocycles. The van der Waals surface area contributed by atoms with E-state index < -0.39 is 0 Å². The zero-order chi connectivity index (χ0) is 13.8. The molecule has 0 unspecified atom stereocenters. The van der Waals surface area contributed by atoms with E-state index in [9.17, 15) is 4.79 Å². The number of nitrogens with zero attached hydrogens (tertiary/aromatic N) is 1. The molecular formula is C13H9ClN2O2S. The number of carbonyl (C=O) groups excluding carboxylic acids is 1. The predicted octanol–water partition coefficient (Wildman–Crippen LogP) is 3.53. The summed E-state index contributed by atoms with van der Waals surface area (Å²) in [5, 5.41) is 13.5. The molecule has 0 bridgehead atoms. The van der Waals surface area contributed by atoms with Crippen LogP contribution in [-0.4, -0.2) is 13.0 Å². The van der Waals surface area contributed by atoms with Crippen LogP contribution in [0.4, 0.5) is 5.69 Å². The molecule has 6 heteroatoms. The Morgan fingerprint density at radius 3 is 2.89 bits per heavy atom. The van der Waals surface area contributed by atoms with Gasteiger partial charge in [-0.05, 0) is 29.6 Å². The summed E-state index contributed by atoms with van der Waals surface area (Å²) in [6.45, 7) is 0. The highest BCUT2D eigenvalue weighted by Crippen LogP contribution is 2.28. The van der Waals surface area contributed by atoms with Crippen molar-refractivity contribution in [2.24, 2.45) is 0 Å². The maximum absolute atomic E-state index is 12.1. The molecule has 2 aromatic rings. The molecule has 1 amide bonds. The smallest absolute Gasteiger partial charge is 0.269 e. The van der Waals surface area contributed by atoms with Crippen LogP contribution in [0.2, 0.25) is 5.02 Å². The second-order valence-corrected chi connectivity index (χ2v) is 4.90. The minimum Gasteiger partial charge on any atom is -0.495 e. The van der Waals surface area contributed by atoms with Gasteiger partial charge in [0.05, 0.1) is 29.5 Å². The van der Waals surface area contributed by atoms with Crippen LogP contribution >= 0.6 is 22.9 Å². The van der Waals surface area contributed by atoms with Crippen LogP contribution in [0.25, 0.3) is 0 Å². The lowest BCUT2D eigenvalue weighted by Gasteiger charge is -2.07. The lowest BCUT2D eigenvalue weighted by molar-refractivity contribution is 0.102. The van der Waals surface area contributed by atoms with Crippen molar-refractivity contribution in [1.82, 2.24) is 0 Å². The maximum atomic E-state index is 12.1. The summed E-state index contributed by atoms with van der Waals surface area (Å²) in [6, 6.07) is 8.39. The van der Waals surface area contributed by atoms with Crippen molar-refractivity contribution in [1.29, 1.82) is 5.26 Å². The Kier molecular flexibility index (Phi) is 4.05. The SMILES string of the molecule is COc1ccsc1C(=O)Nc1ccc(C#N)cc1Cl. The fourth-order valence-electron chi connectivity index (χ4n) is 1.49. The van der Waals surface area contributed by atoms with Crippen molar-refractivity contribution in [3.8, 4) is 11.8 Å². The summed E-state index contributed by atoms with van der Waals surface area (Å²) in [4.78, 5) is 12.5. The van der Waals surface area contributed by atoms with Gasteiger partial charge in [-0.2, -0.15) is 5.26 Å². The van der Waals surface area contributed by atoms with E-state index in [-0.39, 0.29) is 5.91 Å². The first-order valence-electron chi connectivity index (χ1n) is 5.28. The number of methoxy groups -OCH3 is 1. The number of hydrogen-bond donors (Lipinski definition) is 1. The second kappa shape index (κ2) is 5.74. The Balaban J connectivity index is 2.22. The monoisotopic (exact) mass is 292 g/mol.